The van der Waals surface area contributed by atoms with E-state index in [2.05, 4.69) is 0 Å². The Morgan fingerprint density at radius 3 is 2.17 bits per heavy atom. The third-order valence-corrected chi connectivity index (χ3v) is 1.70. The van der Waals surface area contributed by atoms with Gasteiger partial charge >= 0.3 is 0 Å². The first kappa shape index (κ1) is 11.6. The minimum atomic E-state index is -0.670. The van der Waals surface area contributed by atoms with Crippen LogP contribution in [-0.4, -0.2) is 40.4 Å². The van der Waals surface area contributed by atoms with Crippen LogP contribution < -0.4 is 0 Å². The lowest BCUT2D eigenvalue weighted by Crippen LogP contribution is -2.40. The molecule has 12 heavy (non-hydrogen) atoms. The Labute approximate surface area is 72.8 Å². The molecule has 0 aromatic heterocycles. The van der Waals surface area contributed by atoms with Gasteiger partial charge in [-0.25, -0.2) is 0 Å². The molecule has 0 saturated heterocycles. The normalized spacial score (nSPS) is 16.1. The van der Waals surface area contributed by atoms with E-state index in [1.807, 2.05) is 0 Å². The first-order valence-electron chi connectivity index (χ1n) is 4.15. The van der Waals surface area contributed by atoms with Crippen molar-refractivity contribution in [3.05, 3.63) is 0 Å². The van der Waals surface area contributed by atoms with Crippen molar-refractivity contribution >= 4 is 6.29 Å². The predicted octanol–water partition coefficient (Wildman–Crippen LogP) is -0.0559. The van der Waals surface area contributed by atoms with Crippen molar-refractivity contribution in [2.45, 2.75) is 39.1 Å². The monoisotopic (exact) mass is 175 g/mol. The highest BCUT2D eigenvalue weighted by Crippen LogP contribution is 2.02. The summed E-state index contributed by atoms with van der Waals surface area (Å²) in [7, 11) is 0. The number of carbonyl (C=O) groups excluding carboxylic acids is 1. The third-order valence-electron chi connectivity index (χ3n) is 1.70. The molecule has 72 valence electrons. The second kappa shape index (κ2) is 6.11. The van der Waals surface area contributed by atoms with Crippen LogP contribution in [0.15, 0.2) is 0 Å². The number of hydrogen-bond acceptors (Lipinski definition) is 4. The van der Waals surface area contributed by atoms with Gasteiger partial charge in [0.2, 0.25) is 0 Å². The summed E-state index contributed by atoms with van der Waals surface area (Å²) in [5.41, 5.74) is 0. The summed E-state index contributed by atoms with van der Waals surface area (Å²) in [6.45, 7) is 3.72. The van der Waals surface area contributed by atoms with Crippen molar-refractivity contribution in [1.29, 1.82) is 0 Å². The molecule has 0 spiro atoms. The van der Waals surface area contributed by atoms with Crippen molar-refractivity contribution in [2.24, 2.45) is 0 Å². The molecule has 4 heteroatoms. The van der Waals surface area contributed by atoms with Crippen molar-refractivity contribution in [3.63, 3.8) is 0 Å². The molecule has 0 saturated carbocycles. The molecule has 0 aliphatic carbocycles. The van der Waals surface area contributed by atoms with Gasteiger partial charge in [-0.1, -0.05) is 0 Å². The molecule has 0 aliphatic rings. The van der Waals surface area contributed by atoms with E-state index in [0.29, 0.717) is 19.4 Å². The molecule has 0 aromatic rings. The fourth-order valence-electron chi connectivity index (χ4n) is 1.04. The van der Waals surface area contributed by atoms with Crippen molar-refractivity contribution in [1.82, 2.24) is 4.90 Å². The number of rotatable bonds is 6. The largest absolute Gasteiger partial charge is 0.379 e. The zero-order valence-electron chi connectivity index (χ0n) is 7.60. The number of carbonyl (C=O) groups is 1. The molecule has 2 unspecified atom stereocenters. The van der Waals surface area contributed by atoms with Gasteiger partial charge in [-0.2, -0.15) is 0 Å². The molecule has 0 fully saturated rings. The zero-order valence-corrected chi connectivity index (χ0v) is 7.60. The second-order valence-corrected chi connectivity index (χ2v) is 2.81. The van der Waals surface area contributed by atoms with Gasteiger partial charge in [0.1, 0.15) is 18.7 Å². The van der Waals surface area contributed by atoms with Crippen LogP contribution in [0.4, 0.5) is 0 Å². The molecule has 0 bridgehead atoms. The quantitative estimate of drug-likeness (QED) is 0.337. The van der Waals surface area contributed by atoms with Crippen LogP contribution in [0.3, 0.4) is 0 Å². The Kier molecular flexibility index (Phi) is 5.88. The molecule has 0 amide bonds. The van der Waals surface area contributed by atoms with Gasteiger partial charge in [0.25, 0.3) is 0 Å². The molecular weight excluding hydrogens is 158 g/mol. The van der Waals surface area contributed by atoms with Crippen molar-refractivity contribution < 1.29 is 15.0 Å². The maximum Gasteiger partial charge on any atom is 0.120 e. The van der Waals surface area contributed by atoms with Crippen LogP contribution in [-0.2, 0) is 4.79 Å². The molecule has 4 nitrogen and oxygen atoms in total. The molecule has 0 rings (SSSR count). The number of unbranched alkanes of at least 4 members (excludes halogenated alkanes) is 1. The third kappa shape index (κ3) is 4.43. The molecular formula is C8H17NO3. The van der Waals surface area contributed by atoms with E-state index in [-0.39, 0.29) is 0 Å². The average Bonchev–Trinajstić information content (AvgIpc) is 1.96. The molecule has 2 N–H and O–H groups in total. The number of nitrogens with zero attached hydrogens (tertiary/aromatic N) is 1. The lowest BCUT2D eigenvalue weighted by molar-refractivity contribution is -0.109. The van der Waals surface area contributed by atoms with Gasteiger partial charge in [0.05, 0.1) is 0 Å². The first-order chi connectivity index (χ1) is 5.59. The summed E-state index contributed by atoms with van der Waals surface area (Å²) in [4.78, 5) is 11.5. The van der Waals surface area contributed by atoms with E-state index < -0.39 is 12.5 Å². The number of hydrogen-bond donors (Lipinski definition) is 2. The first-order valence-corrected chi connectivity index (χ1v) is 4.15. The van der Waals surface area contributed by atoms with E-state index >= 15 is 0 Å². The van der Waals surface area contributed by atoms with Crippen LogP contribution >= 0.6 is 0 Å². The SMILES string of the molecule is CC(O)N(CCCC=O)C(C)O. The maximum atomic E-state index is 9.98. The molecule has 2 atom stereocenters. The lowest BCUT2D eigenvalue weighted by Gasteiger charge is -2.27. The fraction of sp³-hybridized carbons (Fsp3) is 0.875. The van der Waals surface area contributed by atoms with Gasteiger partial charge in [-0.3, -0.25) is 4.90 Å². The number of aliphatic hydroxyl groups is 2. The highest BCUT2D eigenvalue weighted by molar-refractivity contribution is 5.48. The summed E-state index contributed by atoms with van der Waals surface area (Å²) in [5.74, 6) is 0. The van der Waals surface area contributed by atoms with Gasteiger partial charge in [-0.15, -0.1) is 0 Å². The predicted molar refractivity (Wildman–Crippen MR) is 45.4 cm³/mol. The molecule has 0 radical (unpaired) electrons. The van der Waals surface area contributed by atoms with Gasteiger partial charge in [-0.05, 0) is 20.3 Å². The second-order valence-electron chi connectivity index (χ2n) is 2.81. The highest BCUT2D eigenvalue weighted by Gasteiger charge is 2.14. The van der Waals surface area contributed by atoms with E-state index in [1.54, 1.807) is 13.8 Å². The average molecular weight is 175 g/mol. The van der Waals surface area contributed by atoms with E-state index in [9.17, 15) is 4.79 Å². The molecule has 0 heterocycles. The summed E-state index contributed by atoms with van der Waals surface area (Å²) in [5, 5.41) is 18.3. The van der Waals surface area contributed by atoms with E-state index in [1.165, 1.54) is 4.90 Å². The molecule has 0 aromatic carbocycles. The Balaban J connectivity index is 3.71. The number of aldehydes is 1. The van der Waals surface area contributed by atoms with Gasteiger partial charge in [0.15, 0.2) is 0 Å². The Bertz CT molecular complexity index is 117. The van der Waals surface area contributed by atoms with Crippen LogP contribution in [0.1, 0.15) is 26.7 Å². The van der Waals surface area contributed by atoms with Crippen molar-refractivity contribution in [2.75, 3.05) is 6.54 Å². The zero-order chi connectivity index (χ0) is 9.56. The summed E-state index contributed by atoms with van der Waals surface area (Å²) < 4.78 is 0. The van der Waals surface area contributed by atoms with Crippen molar-refractivity contribution in [3.8, 4) is 0 Å². The maximum absolute atomic E-state index is 9.98. The molecule has 0 aliphatic heterocycles. The minimum absolute atomic E-state index is 0.468. The minimum Gasteiger partial charge on any atom is -0.379 e. The highest BCUT2D eigenvalue weighted by atomic mass is 16.3. The van der Waals surface area contributed by atoms with Crippen LogP contribution in [0, 0.1) is 0 Å². The topological polar surface area (TPSA) is 60.8 Å². The van der Waals surface area contributed by atoms with Gasteiger partial charge < -0.3 is 15.0 Å². The standard InChI is InChI=1S/C8H17NO3/c1-7(11)9(8(2)12)5-3-4-6-10/h6-8,11-12H,3-5H2,1-2H3. The summed E-state index contributed by atoms with van der Waals surface area (Å²) in [6, 6.07) is 0. The lowest BCUT2D eigenvalue weighted by atomic mass is 10.3. The number of aliphatic hydroxyl groups excluding tert-OH is 2. The van der Waals surface area contributed by atoms with Crippen LogP contribution in [0.2, 0.25) is 0 Å². The Hall–Kier alpha value is -0.450. The van der Waals surface area contributed by atoms with E-state index in [4.69, 9.17) is 10.2 Å². The Morgan fingerprint density at radius 2 is 1.83 bits per heavy atom. The summed E-state index contributed by atoms with van der Waals surface area (Å²) >= 11 is 0. The van der Waals surface area contributed by atoms with Gasteiger partial charge in [0, 0.05) is 13.0 Å². The van der Waals surface area contributed by atoms with Crippen LogP contribution in [0.5, 0.6) is 0 Å². The smallest absolute Gasteiger partial charge is 0.120 e. The van der Waals surface area contributed by atoms with E-state index in [0.717, 1.165) is 6.29 Å². The Morgan fingerprint density at radius 1 is 1.33 bits per heavy atom. The fourth-order valence-corrected chi connectivity index (χ4v) is 1.04. The summed E-state index contributed by atoms with van der Waals surface area (Å²) in [6.07, 6.45) is 0.630. The van der Waals surface area contributed by atoms with Crippen LogP contribution in [0.25, 0.3) is 0 Å².